The van der Waals surface area contributed by atoms with Crippen molar-refractivity contribution < 1.29 is 52.7 Å². The second-order valence-electron chi connectivity index (χ2n) is 25.2. The number of carbonyl (C=O) groups is 11. The summed E-state index contributed by atoms with van der Waals surface area (Å²) in [6, 6.07) is 0. The predicted octanol–water partition coefficient (Wildman–Crippen LogP) is 8.71. The summed E-state index contributed by atoms with van der Waals surface area (Å²) < 4.78 is 0. The Balaban J connectivity index is -0.000000509. The molecule has 4 heterocycles. The highest BCUT2D eigenvalue weighted by Crippen LogP contribution is 2.07. The second-order valence-corrected chi connectivity index (χ2v) is 25.2. The van der Waals surface area contributed by atoms with Crippen molar-refractivity contribution in [1.29, 1.82) is 0 Å². The fourth-order valence-electron chi connectivity index (χ4n) is 7.44. The normalized spacial score (nSPS) is 16.0. The van der Waals surface area contributed by atoms with Crippen molar-refractivity contribution in [3.05, 3.63) is 97.3 Å². The first kappa shape index (κ1) is 93.7. The first-order valence-corrected chi connectivity index (χ1v) is 33.3. The third kappa shape index (κ3) is 48.9. The Morgan fingerprint density at radius 2 is 0.840 bits per heavy atom. The fraction of sp³-hybridized carbons (Fsp3) is 0.635. The second kappa shape index (κ2) is 55.6. The number of rotatable bonds is 27. The molecule has 4 aliphatic rings. The maximum Gasteiger partial charge on any atom is 0.238 e. The van der Waals surface area contributed by atoms with Crippen LogP contribution in [0.3, 0.4) is 0 Å². The molecule has 4 fully saturated rings. The Hall–Kier alpha value is -6.71. The van der Waals surface area contributed by atoms with Gasteiger partial charge in [-0.15, -0.1) is 0 Å². The summed E-state index contributed by atoms with van der Waals surface area (Å²) in [7, 11) is 3.97. The molecule has 94 heavy (non-hydrogen) atoms. The summed E-state index contributed by atoms with van der Waals surface area (Å²) in [5.41, 5.74) is 0.708. The van der Waals surface area contributed by atoms with Crippen molar-refractivity contribution in [1.82, 2.24) is 44.9 Å². The summed E-state index contributed by atoms with van der Waals surface area (Å²) in [5.74, 6) is 1.94. The van der Waals surface area contributed by atoms with Crippen LogP contribution >= 0.6 is 0 Å². The van der Waals surface area contributed by atoms with Gasteiger partial charge in [0.25, 0.3) is 0 Å². The number of ketones is 7. The molecule has 4 amide bonds. The van der Waals surface area contributed by atoms with E-state index in [1.54, 1.807) is 87.6 Å². The lowest BCUT2D eigenvalue weighted by molar-refractivity contribution is -0.135. The average Bonchev–Trinajstić information content (AvgIpc) is 1.41. The number of carbonyl (C=O) groups excluding carboxylic acids is 11. The molecule has 0 aliphatic carbocycles. The van der Waals surface area contributed by atoms with Crippen molar-refractivity contribution in [3.8, 4) is 0 Å². The van der Waals surface area contributed by atoms with E-state index in [4.69, 9.17) is 0 Å². The lowest BCUT2D eigenvalue weighted by Crippen LogP contribution is -2.50. The topological polar surface area (TPSA) is 235 Å². The van der Waals surface area contributed by atoms with E-state index >= 15 is 0 Å². The van der Waals surface area contributed by atoms with Gasteiger partial charge in [-0.3, -0.25) is 67.4 Å². The Labute approximate surface area is 568 Å². The van der Waals surface area contributed by atoms with Gasteiger partial charge in [-0.1, -0.05) is 174 Å². The quantitative estimate of drug-likeness (QED) is 0.0732. The maximum absolute atomic E-state index is 11.7. The molecular formula is C74H127N9O11. The van der Waals surface area contributed by atoms with Crippen molar-refractivity contribution in [2.24, 2.45) is 41.4 Å². The zero-order chi connectivity index (χ0) is 71.8. The largest absolute Gasteiger partial charge is 0.337 e. The van der Waals surface area contributed by atoms with Crippen LogP contribution in [-0.4, -0.2) is 230 Å². The van der Waals surface area contributed by atoms with E-state index in [0.717, 1.165) is 65.3 Å². The summed E-state index contributed by atoms with van der Waals surface area (Å²) in [5, 5.41) is 5.66. The number of piperazine rings is 4. The molecule has 0 saturated carbocycles. The van der Waals surface area contributed by atoms with Gasteiger partial charge in [0.05, 0.1) is 26.2 Å². The minimum absolute atomic E-state index is 0. The van der Waals surface area contributed by atoms with Gasteiger partial charge < -0.3 is 30.2 Å². The van der Waals surface area contributed by atoms with Gasteiger partial charge in [0.2, 0.25) is 23.6 Å². The molecule has 0 aromatic carbocycles. The monoisotopic (exact) mass is 1320 g/mol. The maximum atomic E-state index is 11.7. The van der Waals surface area contributed by atoms with E-state index in [0.29, 0.717) is 64.6 Å². The van der Waals surface area contributed by atoms with Crippen LogP contribution in [0.15, 0.2) is 97.3 Å². The van der Waals surface area contributed by atoms with Gasteiger partial charge in [0, 0.05) is 126 Å². The Bertz CT molecular complexity index is 2500. The third-order valence-electron chi connectivity index (χ3n) is 14.2. The van der Waals surface area contributed by atoms with Crippen LogP contribution in [0.5, 0.6) is 0 Å². The molecule has 4 aliphatic heterocycles. The van der Waals surface area contributed by atoms with Crippen molar-refractivity contribution >= 4 is 64.1 Å². The molecule has 4 rings (SSSR count). The van der Waals surface area contributed by atoms with Crippen LogP contribution in [0.2, 0.25) is 0 Å². The SMILES string of the molecule is C.C/C=C/C(=O)C(C)C.C=C1CN(C/C=C/C(=O)C(C)C)CC(=O)N1.CC(C)C(=O)/C=C/CN1CCN(C)CC1=O.CC(C)C(=O)/C=C/CN1CCNCC1=O.CC/C=C/C(=O)C(C)C.CCN(C)C/C=C/C(=O)C(C)C.CCN1CCN(C/C=C/C(=O)C(C)C)C(=O)C1. The molecule has 0 aromatic heterocycles. The van der Waals surface area contributed by atoms with E-state index in [9.17, 15) is 52.7 Å². The number of likely N-dealkylation sites (N-methyl/N-ethyl adjacent to an activating group) is 3. The number of amides is 4. The van der Waals surface area contributed by atoms with E-state index in [1.165, 1.54) is 0 Å². The van der Waals surface area contributed by atoms with Crippen molar-refractivity contribution in [2.75, 3.05) is 132 Å². The summed E-state index contributed by atoms with van der Waals surface area (Å²) >= 11 is 0. The highest BCUT2D eigenvalue weighted by atomic mass is 16.2. The molecule has 534 valence electrons. The summed E-state index contributed by atoms with van der Waals surface area (Å²) in [4.78, 5) is 137. The first-order chi connectivity index (χ1) is 43.6. The highest BCUT2D eigenvalue weighted by molar-refractivity contribution is 5.94. The lowest BCUT2D eigenvalue weighted by atomic mass is 10.1. The minimum atomic E-state index is -0.0418. The minimum Gasteiger partial charge on any atom is -0.337 e. The number of hydrogen-bond acceptors (Lipinski definition) is 16. The molecule has 4 saturated heterocycles. The number of allylic oxidation sites excluding steroid dienone is 9. The molecule has 0 spiro atoms. The van der Waals surface area contributed by atoms with Gasteiger partial charge in [0.1, 0.15) is 0 Å². The Morgan fingerprint density at radius 1 is 0.468 bits per heavy atom. The fourth-order valence-corrected chi connectivity index (χ4v) is 7.44. The molecule has 0 radical (unpaired) electrons. The van der Waals surface area contributed by atoms with E-state index < -0.39 is 0 Å². The van der Waals surface area contributed by atoms with Gasteiger partial charge in [-0.2, -0.15) is 0 Å². The molecule has 20 heteroatoms. The molecule has 2 N–H and O–H groups in total. The van der Waals surface area contributed by atoms with E-state index in [2.05, 4.69) is 40.9 Å². The molecule has 0 atom stereocenters. The van der Waals surface area contributed by atoms with Crippen molar-refractivity contribution in [2.45, 2.75) is 138 Å². The zero-order valence-corrected chi connectivity index (χ0v) is 60.9. The molecule has 0 unspecified atom stereocenters. The van der Waals surface area contributed by atoms with Gasteiger partial charge in [-0.25, -0.2) is 0 Å². The first-order valence-electron chi connectivity index (χ1n) is 33.3. The Morgan fingerprint density at radius 3 is 1.18 bits per heavy atom. The van der Waals surface area contributed by atoms with E-state index in [-0.39, 0.29) is 113 Å². The molecule has 20 nitrogen and oxygen atoms in total. The highest BCUT2D eigenvalue weighted by Gasteiger charge is 2.23. The third-order valence-corrected chi connectivity index (χ3v) is 14.2. The number of nitrogens with one attached hydrogen (secondary N) is 2. The van der Waals surface area contributed by atoms with Crippen LogP contribution in [0.4, 0.5) is 0 Å². The van der Waals surface area contributed by atoms with Crippen LogP contribution in [0, 0.1) is 41.4 Å². The Kier molecular flexibility index (Phi) is 55.4. The van der Waals surface area contributed by atoms with Crippen molar-refractivity contribution in [3.63, 3.8) is 0 Å². The average molecular weight is 1320 g/mol. The van der Waals surface area contributed by atoms with Crippen LogP contribution in [-0.2, 0) is 52.7 Å². The smallest absolute Gasteiger partial charge is 0.238 e. The van der Waals surface area contributed by atoms with Gasteiger partial charge >= 0.3 is 0 Å². The lowest BCUT2D eigenvalue weighted by Gasteiger charge is -2.32. The van der Waals surface area contributed by atoms with Crippen LogP contribution in [0.1, 0.15) is 138 Å². The zero-order valence-electron chi connectivity index (χ0n) is 60.9. The molecular weight excluding hydrogens is 1190 g/mol. The predicted molar refractivity (Wildman–Crippen MR) is 385 cm³/mol. The number of hydrogen-bond donors (Lipinski definition) is 2. The summed E-state index contributed by atoms with van der Waals surface area (Å²) in [6.45, 7) is 50.4. The van der Waals surface area contributed by atoms with Gasteiger partial charge in [0.15, 0.2) is 40.5 Å². The van der Waals surface area contributed by atoms with Gasteiger partial charge in [-0.05, 0) is 83.1 Å². The number of nitrogens with zero attached hydrogens (tertiary/aromatic N) is 7. The molecule has 0 aromatic rings. The summed E-state index contributed by atoms with van der Waals surface area (Å²) in [6.07, 6.45) is 24.9. The molecule has 0 bridgehead atoms. The van der Waals surface area contributed by atoms with Crippen LogP contribution < -0.4 is 10.6 Å². The standard InChI is InChI=1S/C13H22N2O2.C12H18N2O2.C12H20N2O2.C11H18N2O2.C10H19NO.C8H14O.C7H12O.CH4/c1-4-14-8-9-15(13(17)10-14)7-5-6-12(16)11(2)3;1-9(2)11(15)5-4-6-14-7-10(3)13-12(16)8-14;1-10(2)11(15)5-4-6-14-8-7-13(3)9-12(14)16;1-9(2)10(14)4-3-6-13-7-5-12-8-11(13)15;1-5-11(4)8-6-7-10(12)9(2)3;1-4-5-6-8(9)7(2)3;1-4-5-7(8)6(2)3;/h5-6,11H,4,7-10H2,1-3H3;4-5,9H,3,6-8H2,1-2H3,(H,13,16);4-5,10H,6-9H2,1-3H3;3-4,9,12H,5-8H2,1-2H3;6-7,9H,5,8H2,1-4H3;5-7H,4H2,1-3H3;4-6H,1-3H3;1H4/b6-5+;2*5-4+;4-3+;7-6+;6-5+;5-4+;. The van der Waals surface area contributed by atoms with Crippen LogP contribution in [0.25, 0.3) is 0 Å². The van der Waals surface area contributed by atoms with E-state index in [1.807, 2.05) is 147 Å².